The Hall–Kier alpha value is -1.89. The first-order valence-corrected chi connectivity index (χ1v) is 7.66. The maximum absolute atomic E-state index is 12.7. The molecule has 24 heavy (non-hydrogen) atoms. The van der Waals surface area contributed by atoms with Crippen LogP contribution in [0.4, 0.5) is 8.78 Å². The third-order valence-corrected chi connectivity index (χ3v) is 3.89. The smallest absolute Gasteiger partial charge is 0.387 e. The van der Waals surface area contributed by atoms with Crippen LogP contribution in [0.15, 0.2) is 18.2 Å². The van der Waals surface area contributed by atoms with Gasteiger partial charge in [-0.1, -0.05) is 19.9 Å². The predicted molar refractivity (Wildman–Crippen MR) is 88.9 cm³/mol. The average molecular weight is 344 g/mol. The molecular formula is C17H26F2N2O3. The second-order valence-electron chi connectivity index (χ2n) is 6.64. The Morgan fingerprint density at radius 2 is 1.96 bits per heavy atom. The monoisotopic (exact) mass is 344 g/mol. The predicted octanol–water partition coefficient (Wildman–Crippen LogP) is 3.00. The van der Waals surface area contributed by atoms with Crippen LogP contribution in [0.5, 0.6) is 11.5 Å². The van der Waals surface area contributed by atoms with E-state index in [1.165, 1.54) is 19.2 Å². The highest BCUT2D eigenvalue weighted by Crippen LogP contribution is 2.33. The van der Waals surface area contributed by atoms with Gasteiger partial charge >= 0.3 is 6.61 Å². The number of hydrogen-bond donors (Lipinski definition) is 1. The summed E-state index contributed by atoms with van der Waals surface area (Å²) in [5.74, 6) is -0.655. The van der Waals surface area contributed by atoms with Crippen LogP contribution in [-0.4, -0.2) is 51.2 Å². The first kappa shape index (κ1) is 20.2. The fraction of sp³-hybridized carbons (Fsp3) is 0.588. The summed E-state index contributed by atoms with van der Waals surface area (Å²) >= 11 is 0. The number of methoxy groups -OCH3 is 1. The molecule has 136 valence electrons. The standard InChI is InChI=1S/C17H26F2N2O3/c1-11(17(2,3)10-21(4)5)20-15(22)12-8-7-9-13(23-6)14(12)24-16(18)19/h7-9,11,16H,10H2,1-6H3,(H,20,22)/t11-/m0/s1. The van der Waals surface area contributed by atoms with E-state index in [0.29, 0.717) is 0 Å². The molecule has 1 amide bonds. The zero-order valence-electron chi connectivity index (χ0n) is 15.0. The van der Waals surface area contributed by atoms with Gasteiger partial charge in [0.15, 0.2) is 11.5 Å². The number of carbonyl (C=O) groups is 1. The Bertz CT molecular complexity index is 563. The van der Waals surface area contributed by atoms with Crippen molar-refractivity contribution in [1.82, 2.24) is 10.2 Å². The Labute approximate surface area is 141 Å². The van der Waals surface area contributed by atoms with E-state index in [1.54, 1.807) is 6.07 Å². The number of alkyl halides is 2. The van der Waals surface area contributed by atoms with Gasteiger partial charge in [-0.25, -0.2) is 0 Å². The molecule has 0 unspecified atom stereocenters. The molecule has 5 nitrogen and oxygen atoms in total. The number of para-hydroxylation sites is 1. The molecule has 0 saturated carbocycles. The number of amides is 1. The SMILES string of the molecule is COc1cccc(C(=O)N[C@@H](C)C(C)(C)CN(C)C)c1OC(F)F. The fourth-order valence-corrected chi connectivity index (χ4v) is 2.49. The molecule has 0 radical (unpaired) electrons. The highest BCUT2D eigenvalue weighted by molar-refractivity contribution is 5.98. The Balaban J connectivity index is 3.03. The Morgan fingerprint density at radius 1 is 1.33 bits per heavy atom. The molecule has 0 aromatic heterocycles. The van der Waals surface area contributed by atoms with Crippen LogP contribution >= 0.6 is 0 Å². The third-order valence-electron chi connectivity index (χ3n) is 3.89. The van der Waals surface area contributed by atoms with Crippen molar-refractivity contribution in [2.45, 2.75) is 33.4 Å². The molecule has 1 aromatic carbocycles. The molecule has 0 saturated heterocycles. The van der Waals surface area contributed by atoms with Crippen LogP contribution in [0, 0.1) is 5.41 Å². The number of nitrogens with zero attached hydrogens (tertiary/aromatic N) is 1. The first-order valence-electron chi connectivity index (χ1n) is 7.66. The average Bonchev–Trinajstić information content (AvgIpc) is 2.45. The van der Waals surface area contributed by atoms with E-state index in [1.807, 2.05) is 39.8 Å². The van der Waals surface area contributed by atoms with Crippen molar-refractivity contribution in [1.29, 1.82) is 0 Å². The van der Waals surface area contributed by atoms with Crippen molar-refractivity contribution in [3.63, 3.8) is 0 Å². The molecule has 0 bridgehead atoms. The minimum Gasteiger partial charge on any atom is -0.493 e. The highest BCUT2D eigenvalue weighted by Gasteiger charge is 2.29. The molecule has 0 spiro atoms. The van der Waals surface area contributed by atoms with Crippen molar-refractivity contribution in [2.75, 3.05) is 27.7 Å². The van der Waals surface area contributed by atoms with E-state index in [0.717, 1.165) is 6.54 Å². The lowest BCUT2D eigenvalue weighted by Crippen LogP contribution is -2.47. The van der Waals surface area contributed by atoms with E-state index in [2.05, 4.69) is 10.1 Å². The minimum atomic E-state index is -3.05. The van der Waals surface area contributed by atoms with E-state index in [4.69, 9.17) is 4.74 Å². The zero-order chi connectivity index (χ0) is 18.5. The molecule has 7 heteroatoms. The van der Waals surface area contributed by atoms with Gasteiger partial charge in [0, 0.05) is 12.6 Å². The topological polar surface area (TPSA) is 50.8 Å². The molecule has 1 N–H and O–H groups in total. The molecule has 0 aliphatic rings. The Kier molecular flexibility index (Phi) is 6.95. The normalized spacial score (nSPS) is 13.1. The van der Waals surface area contributed by atoms with Gasteiger partial charge in [0.25, 0.3) is 5.91 Å². The molecule has 1 atom stereocenters. The number of ether oxygens (including phenoxy) is 2. The lowest BCUT2D eigenvalue weighted by molar-refractivity contribution is -0.0515. The molecule has 0 aliphatic carbocycles. The summed E-state index contributed by atoms with van der Waals surface area (Å²) in [6, 6.07) is 4.27. The van der Waals surface area contributed by atoms with E-state index in [9.17, 15) is 13.6 Å². The summed E-state index contributed by atoms with van der Waals surface area (Å²) in [5, 5.41) is 2.86. The van der Waals surface area contributed by atoms with E-state index >= 15 is 0 Å². The fourth-order valence-electron chi connectivity index (χ4n) is 2.49. The third kappa shape index (κ3) is 5.33. The number of hydrogen-bond acceptors (Lipinski definition) is 4. The maximum Gasteiger partial charge on any atom is 0.387 e. The van der Waals surface area contributed by atoms with E-state index < -0.39 is 12.5 Å². The van der Waals surface area contributed by atoms with Crippen molar-refractivity contribution in [3.8, 4) is 11.5 Å². The molecule has 0 aliphatic heterocycles. The van der Waals surface area contributed by atoms with Gasteiger partial charge in [-0.15, -0.1) is 0 Å². The van der Waals surface area contributed by atoms with Crippen LogP contribution in [0.2, 0.25) is 0 Å². The lowest BCUT2D eigenvalue weighted by atomic mass is 9.84. The zero-order valence-corrected chi connectivity index (χ0v) is 15.0. The van der Waals surface area contributed by atoms with Gasteiger partial charge in [-0.05, 0) is 38.6 Å². The lowest BCUT2D eigenvalue weighted by Gasteiger charge is -2.35. The highest BCUT2D eigenvalue weighted by atomic mass is 19.3. The summed E-state index contributed by atoms with van der Waals surface area (Å²) in [7, 11) is 5.23. The maximum atomic E-state index is 12.7. The van der Waals surface area contributed by atoms with Crippen molar-refractivity contribution in [3.05, 3.63) is 23.8 Å². The van der Waals surface area contributed by atoms with Crippen LogP contribution in [-0.2, 0) is 0 Å². The van der Waals surface area contributed by atoms with Gasteiger partial charge in [0.05, 0.1) is 12.7 Å². The second kappa shape index (κ2) is 8.28. The summed E-state index contributed by atoms with van der Waals surface area (Å²) < 4.78 is 34.8. The number of benzene rings is 1. The largest absolute Gasteiger partial charge is 0.493 e. The molecule has 1 rings (SSSR count). The molecule has 1 aromatic rings. The molecule has 0 fully saturated rings. The van der Waals surface area contributed by atoms with Gasteiger partial charge in [-0.2, -0.15) is 8.78 Å². The van der Waals surface area contributed by atoms with Gasteiger partial charge < -0.3 is 19.7 Å². The van der Waals surface area contributed by atoms with Crippen LogP contribution in [0.25, 0.3) is 0 Å². The number of nitrogens with one attached hydrogen (secondary N) is 1. The van der Waals surface area contributed by atoms with Gasteiger partial charge in [0.2, 0.25) is 0 Å². The quantitative estimate of drug-likeness (QED) is 0.788. The van der Waals surface area contributed by atoms with E-state index in [-0.39, 0.29) is 28.5 Å². The summed E-state index contributed by atoms with van der Waals surface area (Å²) in [4.78, 5) is 14.6. The van der Waals surface area contributed by atoms with Crippen LogP contribution < -0.4 is 14.8 Å². The molecule has 0 heterocycles. The van der Waals surface area contributed by atoms with Crippen LogP contribution in [0.3, 0.4) is 0 Å². The van der Waals surface area contributed by atoms with Crippen molar-refractivity contribution < 1.29 is 23.0 Å². The van der Waals surface area contributed by atoms with Crippen molar-refractivity contribution >= 4 is 5.91 Å². The second-order valence-corrected chi connectivity index (χ2v) is 6.64. The van der Waals surface area contributed by atoms with Crippen LogP contribution in [0.1, 0.15) is 31.1 Å². The summed E-state index contributed by atoms with van der Waals surface area (Å²) in [6.45, 7) is 3.65. The van der Waals surface area contributed by atoms with Gasteiger partial charge in [-0.3, -0.25) is 4.79 Å². The summed E-state index contributed by atoms with van der Waals surface area (Å²) in [6.07, 6.45) is 0. The number of rotatable bonds is 8. The number of carbonyl (C=O) groups excluding carboxylic acids is 1. The summed E-state index contributed by atoms with van der Waals surface area (Å²) in [5.41, 5.74) is -0.191. The van der Waals surface area contributed by atoms with Gasteiger partial charge in [0.1, 0.15) is 0 Å². The minimum absolute atomic E-state index is 0.0159. The first-order chi connectivity index (χ1) is 11.1. The number of halogens is 2. The van der Waals surface area contributed by atoms with Crippen molar-refractivity contribution in [2.24, 2.45) is 5.41 Å². The Morgan fingerprint density at radius 3 is 2.46 bits per heavy atom. The molecular weight excluding hydrogens is 318 g/mol.